The van der Waals surface area contributed by atoms with Crippen LogP contribution in [0.4, 0.5) is 0 Å². The lowest BCUT2D eigenvalue weighted by molar-refractivity contribution is -0.136. The van der Waals surface area contributed by atoms with Gasteiger partial charge in [0.25, 0.3) is 0 Å². The minimum atomic E-state index is -3.07. The van der Waals surface area contributed by atoms with Gasteiger partial charge in [-0.2, -0.15) is 0 Å². The largest absolute Gasteiger partial charge is 0.342 e. The predicted molar refractivity (Wildman–Crippen MR) is 140 cm³/mol. The number of hydrogen-bond donors (Lipinski definition) is 0. The molecule has 3 heterocycles. The Bertz CT molecular complexity index is 1050. The number of sulfonamides is 1. The van der Waals surface area contributed by atoms with Crippen molar-refractivity contribution in [3.05, 3.63) is 33.8 Å². The molecule has 0 unspecified atom stereocenters. The van der Waals surface area contributed by atoms with Crippen LogP contribution >= 0.6 is 23.2 Å². The minimum Gasteiger partial charge on any atom is -0.342 e. The standard InChI is InChI=1S/C26H37Cl2N3O3S/c1-35(33,34)31-11-7-20(8-12-31)21-16-29(17-21)13-10-26(22-4-5-23(27)24(28)14-22)9-6-25(32)30(18-26)15-19-2-3-19/h4-5,14,19-21H,2-3,6-13,15-18H2,1H3/t26-/m1/s1. The van der Waals surface area contributed by atoms with Gasteiger partial charge in [-0.3, -0.25) is 4.79 Å². The van der Waals surface area contributed by atoms with Gasteiger partial charge in [0.05, 0.1) is 16.3 Å². The Morgan fingerprint density at radius 1 is 1.03 bits per heavy atom. The van der Waals surface area contributed by atoms with Gasteiger partial charge >= 0.3 is 0 Å². The highest BCUT2D eigenvalue weighted by Gasteiger charge is 2.43. The van der Waals surface area contributed by atoms with E-state index in [4.69, 9.17) is 23.2 Å². The average molecular weight is 543 g/mol. The molecule has 1 atom stereocenters. The summed E-state index contributed by atoms with van der Waals surface area (Å²) >= 11 is 12.7. The summed E-state index contributed by atoms with van der Waals surface area (Å²) in [6.45, 7) is 6.15. The van der Waals surface area contributed by atoms with Gasteiger partial charge < -0.3 is 9.80 Å². The molecular formula is C26H37Cl2N3O3S. The van der Waals surface area contributed by atoms with Crippen LogP contribution in [-0.2, 0) is 20.2 Å². The Labute approximate surface area is 220 Å². The molecule has 4 aliphatic rings. The van der Waals surface area contributed by atoms with Crippen LogP contribution in [-0.4, -0.2) is 80.5 Å². The molecule has 1 saturated carbocycles. The number of rotatable bonds is 8. The number of amides is 1. The molecule has 1 amide bonds. The Morgan fingerprint density at radius 3 is 2.37 bits per heavy atom. The maximum atomic E-state index is 12.7. The number of carbonyl (C=O) groups is 1. The molecular weight excluding hydrogens is 505 g/mol. The van der Waals surface area contributed by atoms with Crippen molar-refractivity contribution in [1.29, 1.82) is 0 Å². The van der Waals surface area contributed by atoms with Gasteiger partial charge in [0, 0.05) is 51.1 Å². The van der Waals surface area contributed by atoms with E-state index >= 15 is 0 Å². The topological polar surface area (TPSA) is 60.9 Å². The summed E-state index contributed by atoms with van der Waals surface area (Å²) in [6.07, 6.45) is 8.17. The van der Waals surface area contributed by atoms with Crippen molar-refractivity contribution < 1.29 is 13.2 Å². The monoisotopic (exact) mass is 541 g/mol. The molecule has 1 aromatic carbocycles. The van der Waals surface area contributed by atoms with Gasteiger partial charge in [-0.05, 0) is 80.5 Å². The molecule has 9 heteroatoms. The van der Waals surface area contributed by atoms with E-state index in [-0.39, 0.29) is 11.3 Å². The van der Waals surface area contributed by atoms with Gasteiger partial charge in [0.1, 0.15) is 0 Å². The molecule has 3 saturated heterocycles. The molecule has 6 nitrogen and oxygen atoms in total. The number of carbonyl (C=O) groups excluding carboxylic acids is 1. The van der Waals surface area contributed by atoms with Crippen LogP contribution in [0.25, 0.3) is 0 Å². The molecule has 0 N–H and O–H groups in total. The van der Waals surface area contributed by atoms with Gasteiger partial charge in [-0.15, -0.1) is 0 Å². The lowest BCUT2D eigenvalue weighted by Gasteiger charge is -2.48. The quantitative estimate of drug-likeness (QED) is 0.493. The number of halogens is 2. The fourth-order valence-electron chi connectivity index (χ4n) is 6.37. The summed E-state index contributed by atoms with van der Waals surface area (Å²) in [6, 6.07) is 6.02. The molecule has 5 rings (SSSR count). The van der Waals surface area contributed by atoms with Gasteiger partial charge in [0.15, 0.2) is 0 Å². The molecule has 0 spiro atoms. The number of hydrogen-bond acceptors (Lipinski definition) is 4. The summed E-state index contributed by atoms with van der Waals surface area (Å²) < 4.78 is 25.2. The second-order valence-corrected chi connectivity index (χ2v) is 14.2. The van der Waals surface area contributed by atoms with Crippen LogP contribution in [0.2, 0.25) is 10.0 Å². The summed E-state index contributed by atoms with van der Waals surface area (Å²) in [4.78, 5) is 17.4. The first-order valence-corrected chi connectivity index (χ1v) is 15.6. The first-order chi connectivity index (χ1) is 16.6. The van der Waals surface area contributed by atoms with Crippen LogP contribution < -0.4 is 0 Å². The van der Waals surface area contributed by atoms with Crippen LogP contribution in [0.5, 0.6) is 0 Å². The van der Waals surface area contributed by atoms with Crippen LogP contribution in [0, 0.1) is 17.8 Å². The normalized spacial score (nSPS) is 27.9. The van der Waals surface area contributed by atoms with Crippen molar-refractivity contribution in [2.75, 3.05) is 52.1 Å². The maximum Gasteiger partial charge on any atom is 0.222 e. The summed E-state index contributed by atoms with van der Waals surface area (Å²) in [7, 11) is -3.07. The highest BCUT2D eigenvalue weighted by molar-refractivity contribution is 7.88. The maximum absolute atomic E-state index is 12.7. The van der Waals surface area contributed by atoms with Crippen molar-refractivity contribution >= 4 is 39.1 Å². The zero-order valence-corrected chi connectivity index (χ0v) is 22.9. The molecule has 1 aromatic rings. The smallest absolute Gasteiger partial charge is 0.222 e. The Hall–Kier alpha value is -0.860. The van der Waals surface area contributed by atoms with E-state index in [0.29, 0.717) is 47.3 Å². The highest BCUT2D eigenvalue weighted by atomic mass is 35.5. The average Bonchev–Trinajstić information content (AvgIpc) is 3.60. The van der Waals surface area contributed by atoms with E-state index in [1.165, 1.54) is 24.7 Å². The van der Waals surface area contributed by atoms with Crippen molar-refractivity contribution in [2.24, 2.45) is 17.8 Å². The second kappa shape index (κ2) is 10.1. The molecule has 0 aromatic heterocycles. The zero-order valence-electron chi connectivity index (χ0n) is 20.6. The van der Waals surface area contributed by atoms with Gasteiger partial charge in [-0.25, -0.2) is 12.7 Å². The van der Waals surface area contributed by atoms with Crippen LogP contribution in [0.1, 0.15) is 50.5 Å². The lowest BCUT2D eigenvalue weighted by atomic mass is 9.71. The number of benzene rings is 1. The third-order valence-corrected chi connectivity index (χ3v) is 10.9. The number of piperidine rings is 2. The first-order valence-electron chi connectivity index (χ1n) is 13.0. The van der Waals surface area contributed by atoms with Gasteiger partial charge in [0.2, 0.25) is 15.9 Å². The second-order valence-electron chi connectivity index (χ2n) is 11.4. The molecule has 0 bridgehead atoms. The summed E-state index contributed by atoms with van der Waals surface area (Å²) in [5.41, 5.74) is 1.11. The number of likely N-dealkylation sites (tertiary alicyclic amines) is 2. The number of nitrogens with zero attached hydrogens (tertiary/aromatic N) is 3. The third-order valence-electron chi connectivity index (χ3n) is 8.90. The third kappa shape index (κ3) is 5.85. The predicted octanol–water partition coefficient (Wildman–Crippen LogP) is 4.26. The van der Waals surface area contributed by atoms with Crippen molar-refractivity contribution in [3.63, 3.8) is 0 Å². The summed E-state index contributed by atoms with van der Waals surface area (Å²) in [5.74, 6) is 2.25. The van der Waals surface area contributed by atoms with E-state index in [2.05, 4.69) is 15.9 Å². The van der Waals surface area contributed by atoms with E-state index in [1.807, 2.05) is 12.1 Å². The van der Waals surface area contributed by atoms with Crippen molar-refractivity contribution in [2.45, 2.75) is 50.4 Å². The van der Waals surface area contributed by atoms with Crippen molar-refractivity contribution in [3.8, 4) is 0 Å². The van der Waals surface area contributed by atoms with E-state index in [1.54, 1.807) is 4.31 Å². The minimum absolute atomic E-state index is 0.0943. The lowest BCUT2D eigenvalue weighted by Crippen LogP contribution is -2.55. The summed E-state index contributed by atoms with van der Waals surface area (Å²) in [5, 5.41) is 1.15. The molecule has 35 heavy (non-hydrogen) atoms. The SMILES string of the molecule is CS(=O)(=O)N1CCC(C2CN(CC[C@]3(c4ccc(Cl)c(Cl)c4)CCC(=O)N(CC4CC4)C3)C2)CC1. The van der Waals surface area contributed by atoms with Crippen LogP contribution in [0.15, 0.2) is 18.2 Å². The molecule has 1 aliphatic carbocycles. The fourth-order valence-corrected chi connectivity index (χ4v) is 7.54. The fraction of sp³-hybridized carbons (Fsp3) is 0.731. The highest BCUT2D eigenvalue weighted by Crippen LogP contribution is 2.42. The van der Waals surface area contributed by atoms with Crippen LogP contribution in [0.3, 0.4) is 0 Å². The van der Waals surface area contributed by atoms with Crippen molar-refractivity contribution in [1.82, 2.24) is 14.1 Å². The van der Waals surface area contributed by atoms with Gasteiger partial charge in [-0.1, -0.05) is 29.3 Å². The molecule has 3 aliphatic heterocycles. The Balaban J connectivity index is 1.21. The zero-order chi connectivity index (χ0) is 24.8. The van der Waals surface area contributed by atoms with E-state index in [0.717, 1.165) is 58.4 Å². The Morgan fingerprint density at radius 2 is 1.74 bits per heavy atom. The molecule has 0 radical (unpaired) electrons. The first kappa shape index (κ1) is 25.8. The van der Waals surface area contributed by atoms with E-state index in [9.17, 15) is 13.2 Å². The Kier molecular flexibility index (Phi) is 7.46. The molecule has 4 fully saturated rings. The molecule has 194 valence electrons. The van der Waals surface area contributed by atoms with E-state index < -0.39 is 10.0 Å².